The average Bonchev–Trinajstić information content (AvgIpc) is 3.03. The Kier molecular flexibility index (Phi) is 3.70. The molecule has 0 aliphatic carbocycles. The van der Waals surface area contributed by atoms with Crippen LogP contribution in [0.25, 0.3) is 10.9 Å². The fourth-order valence-corrected chi connectivity index (χ4v) is 2.09. The highest BCUT2D eigenvalue weighted by atomic mass is 16.5. The van der Waals surface area contributed by atoms with Crippen LogP contribution >= 0.6 is 0 Å². The molecule has 6 nitrogen and oxygen atoms in total. The number of fused-ring (bicyclic) bond motifs is 1. The molecule has 0 radical (unpaired) electrons. The first kappa shape index (κ1) is 13.6. The number of hydrogen-bond donors (Lipinski definition) is 2. The summed E-state index contributed by atoms with van der Waals surface area (Å²) in [7, 11) is 0. The molecule has 6 heteroatoms. The molecule has 0 saturated carbocycles. The summed E-state index contributed by atoms with van der Waals surface area (Å²) in [4.78, 5) is 12.0. The summed E-state index contributed by atoms with van der Waals surface area (Å²) in [6.07, 6.45) is 1.69. The van der Waals surface area contributed by atoms with Crippen molar-refractivity contribution < 1.29 is 9.53 Å². The van der Waals surface area contributed by atoms with Crippen LogP contribution in [0.5, 0.6) is 5.75 Å². The lowest BCUT2D eigenvalue weighted by Crippen LogP contribution is -2.20. The molecular formula is C16H12N4O2. The number of carbonyl (C=O) groups is 1. The first-order chi connectivity index (χ1) is 10.8. The van der Waals surface area contributed by atoms with Crippen molar-refractivity contribution >= 4 is 22.5 Å². The van der Waals surface area contributed by atoms with Gasteiger partial charge in [0, 0.05) is 5.39 Å². The van der Waals surface area contributed by atoms with Gasteiger partial charge in [-0.1, -0.05) is 24.3 Å². The Hall–Kier alpha value is -3.33. The predicted molar refractivity (Wildman–Crippen MR) is 81.4 cm³/mol. The van der Waals surface area contributed by atoms with Crippen molar-refractivity contribution in [1.82, 2.24) is 10.2 Å². The zero-order valence-corrected chi connectivity index (χ0v) is 11.5. The zero-order chi connectivity index (χ0) is 15.4. The summed E-state index contributed by atoms with van der Waals surface area (Å²) in [6.45, 7) is -0.177. The van der Waals surface area contributed by atoms with Crippen LogP contribution in [0.3, 0.4) is 0 Å². The smallest absolute Gasteiger partial charge is 0.262 e. The molecule has 1 aromatic heterocycles. The van der Waals surface area contributed by atoms with Crippen molar-refractivity contribution in [2.75, 3.05) is 11.9 Å². The molecule has 2 aromatic carbocycles. The highest BCUT2D eigenvalue weighted by Crippen LogP contribution is 2.20. The second kappa shape index (κ2) is 5.97. The number of nitrogens with zero attached hydrogens (tertiary/aromatic N) is 2. The third-order valence-corrected chi connectivity index (χ3v) is 3.12. The van der Waals surface area contributed by atoms with Gasteiger partial charge in [-0.3, -0.25) is 9.89 Å². The van der Waals surface area contributed by atoms with E-state index in [4.69, 9.17) is 10.00 Å². The molecule has 1 amide bonds. The maximum absolute atomic E-state index is 12.0. The Bertz CT molecular complexity index is 864. The molecule has 3 rings (SSSR count). The third-order valence-electron chi connectivity index (χ3n) is 3.12. The van der Waals surface area contributed by atoms with E-state index in [-0.39, 0.29) is 12.5 Å². The Morgan fingerprint density at radius 1 is 1.27 bits per heavy atom. The Morgan fingerprint density at radius 3 is 3.00 bits per heavy atom. The second-order valence-electron chi connectivity index (χ2n) is 4.58. The summed E-state index contributed by atoms with van der Waals surface area (Å²) in [6, 6.07) is 14.3. The highest BCUT2D eigenvalue weighted by molar-refractivity contribution is 6.00. The number of aromatic nitrogens is 2. The van der Waals surface area contributed by atoms with Gasteiger partial charge in [0.05, 0.1) is 23.0 Å². The molecule has 0 unspecified atom stereocenters. The van der Waals surface area contributed by atoms with Gasteiger partial charge in [-0.2, -0.15) is 10.4 Å². The average molecular weight is 292 g/mol. The van der Waals surface area contributed by atoms with Gasteiger partial charge in [0.1, 0.15) is 11.8 Å². The third kappa shape index (κ3) is 2.74. The molecule has 0 aliphatic rings. The minimum absolute atomic E-state index is 0.177. The number of aromatic amines is 1. The van der Waals surface area contributed by atoms with Crippen LogP contribution in [0.15, 0.2) is 48.7 Å². The van der Waals surface area contributed by atoms with Gasteiger partial charge in [0.2, 0.25) is 0 Å². The molecule has 0 fully saturated rings. The van der Waals surface area contributed by atoms with Crippen molar-refractivity contribution in [2.24, 2.45) is 0 Å². The molecule has 3 aromatic rings. The number of amides is 1. The lowest BCUT2D eigenvalue weighted by Gasteiger charge is -2.09. The van der Waals surface area contributed by atoms with Crippen LogP contribution in [0.1, 0.15) is 5.56 Å². The van der Waals surface area contributed by atoms with E-state index in [1.807, 2.05) is 18.2 Å². The van der Waals surface area contributed by atoms with Crippen molar-refractivity contribution in [3.05, 3.63) is 54.2 Å². The molecule has 2 N–H and O–H groups in total. The maximum atomic E-state index is 12.0. The minimum Gasteiger partial charge on any atom is -0.482 e. The van der Waals surface area contributed by atoms with Gasteiger partial charge in [0.25, 0.3) is 5.91 Å². The Balaban J connectivity index is 1.68. The molecular weight excluding hydrogens is 280 g/mol. The van der Waals surface area contributed by atoms with Gasteiger partial charge in [-0.05, 0) is 18.2 Å². The van der Waals surface area contributed by atoms with E-state index in [0.29, 0.717) is 17.0 Å². The summed E-state index contributed by atoms with van der Waals surface area (Å²) in [5.74, 6) is 0.0785. The molecule has 108 valence electrons. The largest absolute Gasteiger partial charge is 0.482 e. The van der Waals surface area contributed by atoms with Crippen LogP contribution in [0.2, 0.25) is 0 Å². The summed E-state index contributed by atoms with van der Waals surface area (Å²) < 4.78 is 5.40. The van der Waals surface area contributed by atoms with Crippen molar-refractivity contribution in [2.45, 2.75) is 0 Å². The Morgan fingerprint density at radius 2 is 2.14 bits per heavy atom. The molecule has 0 saturated heterocycles. The summed E-state index contributed by atoms with van der Waals surface area (Å²) >= 11 is 0. The number of nitrogens with one attached hydrogen (secondary N) is 2. The van der Waals surface area contributed by atoms with Crippen molar-refractivity contribution in [3.8, 4) is 11.8 Å². The van der Waals surface area contributed by atoms with Crippen molar-refractivity contribution in [3.63, 3.8) is 0 Å². The van der Waals surface area contributed by atoms with Gasteiger partial charge in [-0.15, -0.1) is 0 Å². The lowest BCUT2D eigenvalue weighted by molar-refractivity contribution is -0.118. The number of para-hydroxylation sites is 2. The first-order valence-corrected chi connectivity index (χ1v) is 6.62. The zero-order valence-electron chi connectivity index (χ0n) is 11.5. The van der Waals surface area contributed by atoms with Crippen LogP contribution < -0.4 is 10.1 Å². The minimum atomic E-state index is -0.310. The SMILES string of the molecule is N#Cc1ccccc1OCC(=O)Nc1cccc2cn[nH]c12. The lowest BCUT2D eigenvalue weighted by atomic mass is 10.2. The number of benzene rings is 2. The standard InChI is InChI=1S/C16H12N4O2/c17-8-11-4-1-2-7-14(11)22-10-15(21)19-13-6-3-5-12-9-18-20-16(12)13/h1-7,9H,10H2,(H,18,20)(H,19,21). The maximum Gasteiger partial charge on any atom is 0.262 e. The van der Waals surface area contributed by atoms with Crippen LogP contribution in [-0.2, 0) is 4.79 Å². The van der Waals surface area contributed by atoms with Crippen molar-refractivity contribution in [1.29, 1.82) is 5.26 Å². The topological polar surface area (TPSA) is 90.8 Å². The number of hydrogen-bond acceptors (Lipinski definition) is 4. The molecule has 22 heavy (non-hydrogen) atoms. The Labute approximate surface area is 126 Å². The number of anilines is 1. The van der Waals surface area contributed by atoms with E-state index >= 15 is 0 Å². The van der Waals surface area contributed by atoms with Crippen LogP contribution in [-0.4, -0.2) is 22.7 Å². The van der Waals surface area contributed by atoms with Gasteiger partial charge in [-0.25, -0.2) is 0 Å². The number of carbonyl (C=O) groups excluding carboxylic acids is 1. The van der Waals surface area contributed by atoms with Gasteiger partial charge < -0.3 is 10.1 Å². The highest BCUT2D eigenvalue weighted by Gasteiger charge is 2.09. The number of rotatable bonds is 4. The second-order valence-corrected chi connectivity index (χ2v) is 4.58. The fraction of sp³-hybridized carbons (Fsp3) is 0.0625. The monoisotopic (exact) mass is 292 g/mol. The fourth-order valence-electron chi connectivity index (χ4n) is 2.09. The van der Waals surface area contributed by atoms with Crippen LogP contribution in [0, 0.1) is 11.3 Å². The summed E-state index contributed by atoms with van der Waals surface area (Å²) in [5, 5.41) is 19.4. The molecule has 0 spiro atoms. The molecule has 0 bridgehead atoms. The number of H-pyrrole nitrogens is 1. The summed E-state index contributed by atoms with van der Waals surface area (Å²) in [5.41, 5.74) is 1.79. The van der Waals surface area contributed by atoms with Crippen LogP contribution in [0.4, 0.5) is 5.69 Å². The first-order valence-electron chi connectivity index (χ1n) is 6.62. The van der Waals surface area contributed by atoms with Gasteiger partial charge in [0.15, 0.2) is 6.61 Å². The van der Waals surface area contributed by atoms with E-state index < -0.39 is 0 Å². The van der Waals surface area contributed by atoms with E-state index in [2.05, 4.69) is 15.5 Å². The number of nitriles is 1. The van der Waals surface area contributed by atoms with Gasteiger partial charge >= 0.3 is 0 Å². The predicted octanol–water partition coefficient (Wildman–Crippen LogP) is 2.45. The van der Waals surface area contributed by atoms with E-state index in [1.165, 1.54) is 0 Å². The molecule has 1 heterocycles. The molecule has 0 aliphatic heterocycles. The van der Waals surface area contributed by atoms with E-state index in [1.54, 1.807) is 36.5 Å². The quantitative estimate of drug-likeness (QED) is 0.772. The van der Waals surface area contributed by atoms with E-state index in [9.17, 15) is 4.79 Å². The van der Waals surface area contributed by atoms with E-state index in [0.717, 1.165) is 10.9 Å². The number of ether oxygens (including phenoxy) is 1. The molecule has 0 atom stereocenters. The normalized spacial score (nSPS) is 10.1.